The van der Waals surface area contributed by atoms with Gasteiger partial charge in [0.1, 0.15) is 16.5 Å². The number of pyridine rings is 1. The van der Waals surface area contributed by atoms with Gasteiger partial charge in [0, 0.05) is 56.1 Å². The molecule has 12 nitrogen and oxygen atoms in total. The van der Waals surface area contributed by atoms with E-state index in [1.54, 1.807) is 55.4 Å². The molecule has 0 spiro atoms. The summed E-state index contributed by atoms with van der Waals surface area (Å²) in [5.74, 6) is -0.310. The van der Waals surface area contributed by atoms with Crippen LogP contribution in [-0.4, -0.2) is 106 Å². The normalized spacial score (nSPS) is 23.7. The number of morpholine rings is 1. The van der Waals surface area contributed by atoms with Gasteiger partial charge in [0.2, 0.25) is 5.91 Å². The number of rotatable bonds is 7. The van der Waals surface area contributed by atoms with Crippen LogP contribution in [0.25, 0.3) is 0 Å². The number of likely N-dealkylation sites (tertiary alicyclic amines) is 1. The van der Waals surface area contributed by atoms with Gasteiger partial charge in [-0.25, -0.2) is 17.7 Å². The summed E-state index contributed by atoms with van der Waals surface area (Å²) in [4.78, 5) is 38.0. The van der Waals surface area contributed by atoms with Crippen molar-refractivity contribution in [3.63, 3.8) is 0 Å². The minimum Gasteiger partial charge on any atom is -0.496 e. The maximum Gasteiger partial charge on any atom is 0.272 e. The number of fused-ring (bicyclic) bond motifs is 1. The van der Waals surface area contributed by atoms with Gasteiger partial charge in [-0.1, -0.05) is 29.8 Å². The Balaban J connectivity index is 1.56. The first-order valence-corrected chi connectivity index (χ1v) is 16.3. The largest absolute Gasteiger partial charge is 0.496 e. The van der Waals surface area contributed by atoms with Gasteiger partial charge in [-0.05, 0) is 42.8 Å². The second kappa shape index (κ2) is 11.9. The van der Waals surface area contributed by atoms with E-state index in [0.717, 1.165) is 4.31 Å². The molecule has 45 heavy (non-hydrogen) atoms. The average molecular weight is 656 g/mol. The summed E-state index contributed by atoms with van der Waals surface area (Å²) in [6.07, 6.45) is 0.310. The van der Waals surface area contributed by atoms with E-state index < -0.39 is 33.6 Å². The van der Waals surface area contributed by atoms with E-state index in [4.69, 9.17) is 21.1 Å². The number of aliphatic hydroxyl groups excluding tert-OH is 1. The Morgan fingerprint density at radius 2 is 1.84 bits per heavy atom. The number of hydrogen-bond donors (Lipinski definition) is 1. The molecular formula is C31H34ClN5O7S. The number of sulfonamides is 1. The summed E-state index contributed by atoms with van der Waals surface area (Å²) in [6, 6.07) is 13.4. The molecular weight excluding hydrogens is 622 g/mol. The fourth-order valence-corrected chi connectivity index (χ4v) is 8.13. The van der Waals surface area contributed by atoms with Gasteiger partial charge in [0.25, 0.3) is 15.9 Å². The van der Waals surface area contributed by atoms with Crippen molar-refractivity contribution < 1.29 is 32.6 Å². The van der Waals surface area contributed by atoms with Crippen LogP contribution in [0.15, 0.2) is 65.7 Å². The van der Waals surface area contributed by atoms with E-state index >= 15 is 4.79 Å². The zero-order valence-corrected chi connectivity index (χ0v) is 26.7. The van der Waals surface area contributed by atoms with Crippen LogP contribution in [0.4, 0.5) is 11.5 Å². The highest BCUT2D eigenvalue weighted by Gasteiger charge is 2.64. The molecule has 2 saturated heterocycles. The van der Waals surface area contributed by atoms with E-state index in [1.165, 1.54) is 36.4 Å². The molecule has 238 valence electrons. The molecule has 3 atom stereocenters. The lowest BCUT2D eigenvalue weighted by atomic mass is 9.80. The number of hydrogen-bond acceptors (Lipinski definition) is 10. The molecule has 6 rings (SSSR count). The number of para-hydroxylation sites is 1. The van der Waals surface area contributed by atoms with Crippen molar-refractivity contribution in [2.45, 2.75) is 29.0 Å². The SMILES string of the molecule is COc1ccccc1C1(N2C[C@H](O)C[C@H]2C(=O)N(C)C)C(=O)N(S(=O)(=O)c2ccc(N3CCOCC3)nc2)c2ccc(Cl)cc21. The zero-order chi connectivity index (χ0) is 32.1. The third-order valence-corrected chi connectivity index (χ3v) is 10.5. The summed E-state index contributed by atoms with van der Waals surface area (Å²) in [5, 5.41) is 11.2. The Labute approximate surface area is 266 Å². The summed E-state index contributed by atoms with van der Waals surface area (Å²) >= 11 is 6.54. The predicted molar refractivity (Wildman–Crippen MR) is 167 cm³/mol. The van der Waals surface area contributed by atoms with Gasteiger partial charge in [0.05, 0.1) is 38.2 Å². The minimum absolute atomic E-state index is 0.0385. The van der Waals surface area contributed by atoms with E-state index in [0.29, 0.717) is 43.4 Å². The molecule has 0 radical (unpaired) electrons. The van der Waals surface area contributed by atoms with Crippen LogP contribution in [0.1, 0.15) is 17.5 Å². The van der Waals surface area contributed by atoms with E-state index in [2.05, 4.69) is 4.98 Å². The van der Waals surface area contributed by atoms with Crippen molar-refractivity contribution in [2.24, 2.45) is 0 Å². The minimum atomic E-state index is -4.55. The van der Waals surface area contributed by atoms with E-state index in [1.807, 2.05) is 4.90 Å². The first-order chi connectivity index (χ1) is 21.5. The number of halogens is 1. The molecule has 3 aliphatic rings. The average Bonchev–Trinajstić information content (AvgIpc) is 3.55. The lowest BCUT2D eigenvalue weighted by Crippen LogP contribution is -2.59. The standard InChI is InChI=1S/C31H34ClN5O7S/c1-34(2)29(39)26-17-21(38)19-36(26)31(23-6-4-5-7-27(23)43-3)24-16-20(32)8-10-25(24)37(30(31)40)45(41,42)22-9-11-28(33-18-22)35-12-14-44-15-13-35/h4-11,16,18,21,26,38H,12-15,17,19H2,1-3H3/t21-,26+,31?/m1/s1. The van der Waals surface area contributed by atoms with Crippen molar-refractivity contribution in [2.75, 3.05) is 63.3 Å². The van der Waals surface area contributed by atoms with Crippen LogP contribution in [0, 0.1) is 0 Å². The van der Waals surface area contributed by atoms with Gasteiger partial charge in [-0.15, -0.1) is 0 Å². The van der Waals surface area contributed by atoms with Crippen molar-refractivity contribution >= 4 is 44.9 Å². The van der Waals surface area contributed by atoms with Crippen LogP contribution in [0.5, 0.6) is 5.75 Å². The number of aromatic nitrogens is 1. The van der Waals surface area contributed by atoms with Crippen LogP contribution in [-0.2, 0) is 29.9 Å². The first kappa shape index (κ1) is 31.2. The molecule has 2 amide bonds. The molecule has 3 aromatic rings. The van der Waals surface area contributed by atoms with Crippen LogP contribution in [0.2, 0.25) is 5.02 Å². The van der Waals surface area contributed by atoms with Crippen molar-refractivity contribution in [1.29, 1.82) is 0 Å². The Morgan fingerprint density at radius 3 is 2.51 bits per heavy atom. The fraction of sp³-hybridized carbons (Fsp3) is 0.387. The van der Waals surface area contributed by atoms with Gasteiger partial charge in [-0.3, -0.25) is 14.5 Å². The molecule has 2 fully saturated rings. The summed E-state index contributed by atoms with van der Waals surface area (Å²) in [7, 11) is 0.0788. The molecule has 0 aliphatic carbocycles. The van der Waals surface area contributed by atoms with E-state index in [9.17, 15) is 18.3 Å². The number of amides is 2. The van der Waals surface area contributed by atoms with Crippen LogP contribution in [0.3, 0.4) is 0 Å². The second-order valence-electron chi connectivity index (χ2n) is 11.4. The number of carbonyl (C=O) groups excluding carboxylic acids is 2. The second-order valence-corrected chi connectivity index (χ2v) is 13.6. The smallest absolute Gasteiger partial charge is 0.272 e. The lowest BCUT2D eigenvalue weighted by molar-refractivity contribution is -0.138. The van der Waals surface area contributed by atoms with Gasteiger partial charge in [-0.2, -0.15) is 0 Å². The van der Waals surface area contributed by atoms with Crippen molar-refractivity contribution in [1.82, 2.24) is 14.8 Å². The number of benzene rings is 2. The number of carbonyl (C=O) groups is 2. The van der Waals surface area contributed by atoms with Crippen LogP contribution < -0.4 is 13.9 Å². The van der Waals surface area contributed by atoms with Gasteiger partial charge in [0.15, 0.2) is 5.54 Å². The maximum absolute atomic E-state index is 15.2. The summed E-state index contributed by atoms with van der Waals surface area (Å²) in [5.41, 5.74) is -1.28. The number of methoxy groups -OCH3 is 1. The monoisotopic (exact) mass is 655 g/mol. The maximum atomic E-state index is 15.2. The molecule has 3 aliphatic heterocycles. The molecule has 14 heteroatoms. The Kier molecular flexibility index (Phi) is 8.25. The molecule has 1 unspecified atom stereocenters. The Hall–Kier alpha value is -3.75. The number of likely N-dealkylation sites (N-methyl/N-ethyl adjacent to an activating group) is 1. The van der Waals surface area contributed by atoms with Crippen molar-refractivity contribution in [3.8, 4) is 5.75 Å². The highest BCUT2D eigenvalue weighted by molar-refractivity contribution is 7.93. The topological polar surface area (TPSA) is 133 Å². The predicted octanol–water partition coefficient (Wildman–Crippen LogP) is 2.08. The molecule has 0 bridgehead atoms. The number of nitrogens with zero attached hydrogens (tertiary/aromatic N) is 5. The molecule has 1 N–H and O–H groups in total. The molecule has 0 saturated carbocycles. The molecule has 2 aromatic carbocycles. The number of anilines is 2. The highest BCUT2D eigenvalue weighted by atomic mass is 35.5. The zero-order valence-electron chi connectivity index (χ0n) is 25.1. The van der Waals surface area contributed by atoms with Crippen molar-refractivity contribution in [3.05, 3.63) is 76.9 Å². The van der Waals surface area contributed by atoms with Gasteiger partial charge < -0.3 is 24.4 Å². The third kappa shape index (κ3) is 5.03. The Morgan fingerprint density at radius 1 is 1.11 bits per heavy atom. The lowest BCUT2D eigenvalue weighted by Gasteiger charge is -2.42. The third-order valence-electron chi connectivity index (χ3n) is 8.59. The number of ether oxygens (including phenoxy) is 2. The number of aliphatic hydroxyl groups is 1. The summed E-state index contributed by atoms with van der Waals surface area (Å²) < 4.78 is 40.9. The number of β-amino-alcohol motifs (C(OH)–C–C–N with tert-alkyl or cyclic N) is 1. The van der Waals surface area contributed by atoms with Gasteiger partial charge >= 0.3 is 0 Å². The summed E-state index contributed by atoms with van der Waals surface area (Å²) in [6.45, 7) is 2.22. The van der Waals surface area contributed by atoms with E-state index in [-0.39, 0.29) is 40.0 Å². The highest BCUT2D eigenvalue weighted by Crippen LogP contribution is 2.54. The molecule has 1 aromatic heterocycles. The van der Waals surface area contributed by atoms with Crippen LogP contribution >= 0.6 is 11.6 Å². The first-order valence-electron chi connectivity index (χ1n) is 14.5. The Bertz CT molecular complexity index is 1730. The quantitative estimate of drug-likeness (QED) is 0.404. The molecule has 4 heterocycles. The fourth-order valence-electron chi connectivity index (χ4n) is 6.55.